The van der Waals surface area contributed by atoms with Crippen molar-refractivity contribution in [2.24, 2.45) is 13.0 Å². The molecule has 0 bridgehead atoms. The number of hydrogen-bond donors (Lipinski definition) is 1. The number of aromatic nitrogens is 3. The summed E-state index contributed by atoms with van der Waals surface area (Å²) in [6.45, 7) is 1.91. The van der Waals surface area contributed by atoms with Gasteiger partial charge in [0.05, 0.1) is 12.1 Å². The molecular formula is C10H16N4O. The molecule has 0 unspecified atom stereocenters. The number of carbonyl (C=O) groups is 1. The minimum absolute atomic E-state index is 0.216. The molecular weight excluding hydrogens is 192 g/mol. The molecule has 2 heterocycles. The molecule has 5 heteroatoms. The summed E-state index contributed by atoms with van der Waals surface area (Å²) < 4.78 is 1.63. The van der Waals surface area contributed by atoms with Gasteiger partial charge in [-0.15, -0.1) is 5.10 Å². The molecule has 1 saturated heterocycles. The zero-order chi connectivity index (χ0) is 10.7. The molecule has 1 aliphatic rings. The van der Waals surface area contributed by atoms with Gasteiger partial charge in [-0.2, -0.15) is 0 Å². The fourth-order valence-electron chi connectivity index (χ4n) is 1.94. The van der Waals surface area contributed by atoms with Crippen molar-refractivity contribution in [2.75, 3.05) is 13.1 Å². The number of piperidine rings is 1. The zero-order valence-corrected chi connectivity index (χ0v) is 8.94. The number of nitrogens with one attached hydrogen (secondary N) is 1. The minimum atomic E-state index is 0.216. The second kappa shape index (κ2) is 4.53. The van der Waals surface area contributed by atoms with Crippen molar-refractivity contribution in [3.05, 3.63) is 11.9 Å². The van der Waals surface area contributed by atoms with Crippen LogP contribution in [-0.2, 0) is 18.3 Å². The van der Waals surface area contributed by atoms with E-state index in [4.69, 9.17) is 0 Å². The van der Waals surface area contributed by atoms with Gasteiger partial charge in [-0.1, -0.05) is 5.21 Å². The number of aryl methyl sites for hydroxylation is 1. The topological polar surface area (TPSA) is 59.8 Å². The van der Waals surface area contributed by atoms with Crippen molar-refractivity contribution in [3.63, 3.8) is 0 Å². The molecule has 0 aromatic carbocycles. The molecule has 1 N–H and O–H groups in total. The van der Waals surface area contributed by atoms with Crippen molar-refractivity contribution >= 4 is 5.78 Å². The minimum Gasteiger partial charge on any atom is -0.317 e. The Kier molecular flexibility index (Phi) is 3.11. The number of nitrogens with zero attached hydrogens (tertiary/aromatic N) is 3. The highest BCUT2D eigenvalue weighted by Crippen LogP contribution is 2.14. The zero-order valence-electron chi connectivity index (χ0n) is 8.94. The van der Waals surface area contributed by atoms with Crippen LogP contribution in [0.2, 0.25) is 0 Å². The van der Waals surface area contributed by atoms with Crippen molar-refractivity contribution < 1.29 is 4.79 Å². The summed E-state index contributed by atoms with van der Waals surface area (Å²) in [4.78, 5) is 11.9. The Morgan fingerprint density at radius 2 is 2.33 bits per heavy atom. The van der Waals surface area contributed by atoms with E-state index in [9.17, 15) is 4.79 Å². The maximum atomic E-state index is 11.9. The van der Waals surface area contributed by atoms with E-state index >= 15 is 0 Å². The maximum absolute atomic E-state index is 11.9. The summed E-state index contributed by atoms with van der Waals surface area (Å²) in [5.41, 5.74) is 0.779. The van der Waals surface area contributed by atoms with Crippen molar-refractivity contribution in [1.29, 1.82) is 0 Å². The summed E-state index contributed by atoms with van der Waals surface area (Å²) >= 11 is 0. The first-order chi connectivity index (χ1) is 7.25. The molecule has 0 radical (unpaired) electrons. The summed E-state index contributed by atoms with van der Waals surface area (Å²) in [7, 11) is 1.81. The molecule has 0 amide bonds. The fraction of sp³-hybridized carbons (Fsp3) is 0.700. The predicted octanol–water partition coefficient (Wildman–Crippen LogP) is -0.0737. The van der Waals surface area contributed by atoms with Gasteiger partial charge < -0.3 is 5.32 Å². The van der Waals surface area contributed by atoms with E-state index in [-0.39, 0.29) is 5.92 Å². The number of hydrogen-bond acceptors (Lipinski definition) is 4. The summed E-state index contributed by atoms with van der Waals surface area (Å²) in [6.07, 6.45) is 4.15. The molecule has 1 aromatic heterocycles. The summed E-state index contributed by atoms with van der Waals surface area (Å²) in [6, 6.07) is 0. The highest BCUT2D eigenvalue weighted by Gasteiger charge is 2.21. The van der Waals surface area contributed by atoms with Gasteiger partial charge in [0.25, 0.3) is 0 Å². The smallest absolute Gasteiger partial charge is 0.142 e. The summed E-state index contributed by atoms with van der Waals surface area (Å²) in [5.74, 6) is 0.519. The van der Waals surface area contributed by atoms with Crippen LogP contribution in [0.4, 0.5) is 0 Å². The third-order valence-electron chi connectivity index (χ3n) is 2.80. The van der Waals surface area contributed by atoms with Crippen LogP contribution in [0.15, 0.2) is 6.20 Å². The van der Waals surface area contributed by atoms with Gasteiger partial charge in [-0.25, -0.2) is 0 Å². The first kappa shape index (κ1) is 10.3. The van der Waals surface area contributed by atoms with Gasteiger partial charge in [0.15, 0.2) is 0 Å². The van der Waals surface area contributed by atoms with Crippen molar-refractivity contribution in [2.45, 2.75) is 19.3 Å². The lowest BCUT2D eigenvalue weighted by Crippen LogP contribution is -2.32. The Hall–Kier alpha value is -1.23. The number of Topliss-reactive ketones (excluding diaryl/α,β-unsaturated/α-hetero) is 1. The molecule has 15 heavy (non-hydrogen) atoms. The van der Waals surface area contributed by atoms with Crippen LogP contribution in [0.1, 0.15) is 18.5 Å². The fourth-order valence-corrected chi connectivity index (χ4v) is 1.94. The quantitative estimate of drug-likeness (QED) is 0.755. The van der Waals surface area contributed by atoms with E-state index in [1.807, 2.05) is 7.05 Å². The lowest BCUT2D eigenvalue weighted by atomic mass is 9.91. The van der Waals surface area contributed by atoms with Gasteiger partial charge >= 0.3 is 0 Å². The molecule has 2 rings (SSSR count). The molecule has 0 aliphatic carbocycles. The van der Waals surface area contributed by atoms with Crippen LogP contribution < -0.4 is 5.32 Å². The van der Waals surface area contributed by atoms with Crippen molar-refractivity contribution in [1.82, 2.24) is 20.3 Å². The maximum Gasteiger partial charge on any atom is 0.142 e. The van der Waals surface area contributed by atoms with Gasteiger partial charge in [0.1, 0.15) is 5.78 Å². The molecule has 0 atom stereocenters. The van der Waals surface area contributed by atoms with E-state index in [1.165, 1.54) is 0 Å². The Labute approximate surface area is 88.9 Å². The van der Waals surface area contributed by atoms with Crippen LogP contribution in [-0.4, -0.2) is 33.9 Å². The summed E-state index contributed by atoms with van der Waals surface area (Å²) in [5, 5.41) is 11.0. The highest BCUT2D eigenvalue weighted by atomic mass is 16.1. The number of carbonyl (C=O) groups excluding carboxylic acids is 1. The standard InChI is InChI=1S/C10H16N4O/c1-14-7-9(12-13-14)6-10(15)8-2-4-11-5-3-8/h7-8,11H,2-6H2,1H3. The Morgan fingerprint density at radius 1 is 1.60 bits per heavy atom. The van der Waals surface area contributed by atoms with Gasteiger partial charge in [-0.05, 0) is 25.9 Å². The second-order valence-corrected chi connectivity index (χ2v) is 4.05. The molecule has 1 fully saturated rings. The van der Waals surface area contributed by atoms with E-state index < -0.39 is 0 Å². The Morgan fingerprint density at radius 3 is 2.93 bits per heavy atom. The average Bonchev–Trinajstić information content (AvgIpc) is 2.65. The van der Waals surface area contributed by atoms with E-state index in [2.05, 4.69) is 15.6 Å². The molecule has 1 aliphatic heterocycles. The Bertz CT molecular complexity index is 341. The lowest BCUT2D eigenvalue weighted by Gasteiger charge is -2.20. The molecule has 0 saturated carbocycles. The van der Waals surface area contributed by atoms with E-state index in [0.717, 1.165) is 31.6 Å². The van der Waals surface area contributed by atoms with Gasteiger partial charge in [0, 0.05) is 19.2 Å². The largest absolute Gasteiger partial charge is 0.317 e. The van der Waals surface area contributed by atoms with Gasteiger partial charge in [0.2, 0.25) is 0 Å². The second-order valence-electron chi connectivity index (χ2n) is 4.05. The van der Waals surface area contributed by atoms with Crippen LogP contribution in [0, 0.1) is 5.92 Å². The van der Waals surface area contributed by atoms with Crippen molar-refractivity contribution in [3.8, 4) is 0 Å². The van der Waals surface area contributed by atoms with Crippen LogP contribution >= 0.6 is 0 Å². The van der Waals surface area contributed by atoms with E-state index in [0.29, 0.717) is 12.2 Å². The lowest BCUT2D eigenvalue weighted by molar-refractivity contribution is -0.123. The van der Waals surface area contributed by atoms with Crippen LogP contribution in [0.25, 0.3) is 0 Å². The highest BCUT2D eigenvalue weighted by molar-refractivity contribution is 5.82. The SMILES string of the molecule is Cn1cc(CC(=O)C2CCNCC2)nn1. The third-order valence-corrected chi connectivity index (χ3v) is 2.80. The molecule has 82 valence electrons. The monoisotopic (exact) mass is 208 g/mol. The Balaban J connectivity index is 1.91. The first-order valence-electron chi connectivity index (χ1n) is 5.34. The molecule has 5 nitrogen and oxygen atoms in total. The number of ketones is 1. The van der Waals surface area contributed by atoms with Crippen LogP contribution in [0.5, 0.6) is 0 Å². The van der Waals surface area contributed by atoms with Gasteiger partial charge in [-0.3, -0.25) is 9.48 Å². The van der Waals surface area contributed by atoms with Crippen LogP contribution in [0.3, 0.4) is 0 Å². The van der Waals surface area contributed by atoms with E-state index in [1.54, 1.807) is 10.9 Å². The predicted molar refractivity (Wildman–Crippen MR) is 55.3 cm³/mol. The third kappa shape index (κ3) is 2.62. The first-order valence-corrected chi connectivity index (χ1v) is 5.34. The molecule has 0 spiro atoms. The normalized spacial score (nSPS) is 17.9. The number of rotatable bonds is 3. The molecule has 1 aromatic rings. The average molecular weight is 208 g/mol.